The Balaban J connectivity index is 1.38. The van der Waals surface area contributed by atoms with Crippen molar-refractivity contribution in [1.29, 1.82) is 0 Å². The number of hydrogen-bond donors (Lipinski definition) is 1. The van der Waals surface area contributed by atoms with Gasteiger partial charge in [0.1, 0.15) is 5.56 Å². The number of amides is 1. The quantitative estimate of drug-likeness (QED) is 0.850. The first-order valence-electron chi connectivity index (χ1n) is 11.8. The first-order chi connectivity index (χ1) is 14.2. The van der Waals surface area contributed by atoms with Crippen LogP contribution in [0.15, 0.2) is 17.3 Å². The molecule has 158 valence electrons. The highest BCUT2D eigenvalue weighted by Gasteiger charge is 2.48. The first kappa shape index (κ1) is 19.3. The maximum absolute atomic E-state index is 13.2. The van der Waals surface area contributed by atoms with E-state index in [4.69, 9.17) is 0 Å². The van der Waals surface area contributed by atoms with E-state index < -0.39 is 0 Å². The van der Waals surface area contributed by atoms with Gasteiger partial charge in [-0.2, -0.15) is 0 Å². The number of H-pyrrole nitrogens is 1. The summed E-state index contributed by atoms with van der Waals surface area (Å²) in [4.78, 5) is 36.7. The van der Waals surface area contributed by atoms with E-state index in [1.54, 1.807) is 0 Å². The fraction of sp³-hybridized carbons (Fsp3) is 0.783. The smallest absolute Gasteiger partial charge is 0.263 e. The van der Waals surface area contributed by atoms with Crippen molar-refractivity contribution in [2.24, 2.45) is 17.8 Å². The minimum atomic E-state index is -0.321. The second-order valence-corrected chi connectivity index (χ2v) is 9.87. The molecule has 1 aliphatic carbocycles. The van der Waals surface area contributed by atoms with E-state index in [0.717, 1.165) is 19.0 Å². The lowest BCUT2D eigenvalue weighted by Gasteiger charge is -2.57. The van der Waals surface area contributed by atoms with Crippen molar-refractivity contribution >= 4 is 5.91 Å². The van der Waals surface area contributed by atoms with Crippen molar-refractivity contribution in [2.75, 3.05) is 19.6 Å². The van der Waals surface area contributed by atoms with Gasteiger partial charge in [-0.1, -0.05) is 38.5 Å². The molecule has 4 aliphatic rings. The Labute approximate surface area is 173 Å². The molecule has 1 saturated carbocycles. The Kier molecular flexibility index (Phi) is 5.46. The van der Waals surface area contributed by atoms with E-state index in [1.165, 1.54) is 83.3 Å². The van der Waals surface area contributed by atoms with Crippen LogP contribution in [-0.2, 0) is 0 Å². The number of rotatable bonds is 3. The highest BCUT2D eigenvalue weighted by Crippen LogP contribution is 2.44. The lowest BCUT2D eigenvalue weighted by atomic mass is 9.69. The first-order valence-corrected chi connectivity index (χ1v) is 11.8. The van der Waals surface area contributed by atoms with E-state index in [1.807, 2.05) is 4.90 Å². The summed E-state index contributed by atoms with van der Waals surface area (Å²) in [7, 11) is 0. The normalized spacial score (nSPS) is 33.3. The molecule has 0 unspecified atom stereocenters. The van der Waals surface area contributed by atoms with Crippen molar-refractivity contribution in [3.8, 4) is 0 Å². The summed E-state index contributed by atoms with van der Waals surface area (Å²) >= 11 is 0. The molecule has 1 aromatic heterocycles. The molecule has 1 N–H and O–H groups in total. The van der Waals surface area contributed by atoms with Gasteiger partial charge in [0.2, 0.25) is 0 Å². The summed E-state index contributed by atoms with van der Waals surface area (Å²) in [5, 5.41) is 0. The molecule has 1 aromatic rings. The Morgan fingerprint density at radius 1 is 1.07 bits per heavy atom. The minimum absolute atomic E-state index is 0.130. The number of aromatic amines is 1. The van der Waals surface area contributed by atoms with Crippen LogP contribution in [0, 0.1) is 17.8 Å². The molecule has 6 heteroatoms. The third-order valence-electron chi connectivity index (χ3n) is 8.16. The van der Waals surface area contributed by atoms with Crippen LogP contribution in [0.4, 0.5) is 0 Å². The molecule has 0 spiro atoms. The van der Waals surface area contributed by atoms with Gasteiger partial charge in [0.05, 0.1) is 6.33 Å². The molecule has 4 fully saturated rings. The second kappa shape index (κ2) is 8.21. The lowest BCUT2D eigenvalue weighted by Crippen LogP contribution is -2.64. The summed E-state index contributed by atoms with van der Waals surface area (Å²) in [6.07, 6.45) is 16.2. The van der Waals surface area contributed by atoms with Crippen molar-refractivity contribution in [3.05, 3.63) is 28.4 Å². The van der Waals surface area contributed by atoms with Crippen LogP contribution >= 0.6 is 0 Å². The molecule has 3 aliphatic heterocycles. The highest BCUT2D eigenvalue weighted by atomic mass is 16.2. The zero-order chi connectivity index (χ0) is 19.8. The molecule has 4 atom stereocenters. The summed E-state index contributed by atoms with van der Waals surface area (Å²) < 4.78 is 0. The number of piperidine rings is 3. The molecular formula is C23H34N4O2. The number of carbonyl (C=O) groups excluding carboxylic acids is 1. The molecule has 0 radical (unpaired) electrons. The van der Waals surface area contributed by atoms with E-state index >= 15 is 0 Å². The lowest BCUT2D eigenvalue weighted by molar-refractivity contribution is -0.0725. The zero-order valence-corrected chi connectivity index (χ0v) is 17.4. The van der Waals surface area contributed by atoms with Gasteiger partial charge < -0.3 is 9.88 Å². The monoisotopic (exact) mass is 398 g/mol. The van der Waals surface area contributed by atoms with Crippen molar-refractivity contribution in [2.45, 2.75) is 76.3 Å². The average Bonchev–Trinajstić information content (AvgIpc) is 2.77. The van der Waals surface area contributed by atoms with Gasteiger partial charge in [0, 0.05) is 31.4 Å². The highest BCUT2D eigenvalue weighted by molar-refractivity contribution is 5.93. The molecule has 6 nitrogen and oxygen atoms in total. The topological polar surface area (TPSA) is 69.3 Å². The number of carbonyl (C=O) groups is 1. The van der Waals surface area contributed by atoms with Crippen LogP contribution in [-0.4, -0.2) is 57.4 Å². The largest absolute Gasteiger partial charge is 0.338 e. The Morgan fingerprint density at radius 3 is 2.69 bits per heavy atom. The SMILES string of the molecule is O=C(c1cnc[nH]c1=O)N1C[C@H]2C[C@@H](C1)[C@H](CC1CCCCC1)N1CCCC[C@@H]21. The maximum atomic E-state index is 13.2. The van der Waals surface area contributed by atoms with Crippen LogP contribution in [0.5, 0.6) is 0 Å². The summed E-state index contributed by atoms with van der Waals surface area (Å²) in [5.41, 5.74) is -0.129. The summed E-state index contributed by atoms with van der Waals surface area (Å²) in [6, 6.07) is 1.24. The Hall–Kier alpha value is -1.69. The molecule has 5 rings (SSSR count). The third kappa shape index (κ3) is 3.76. The molecule has 3 saturated heterocycles. The molecule has 29 heavy (non-hydrogen) atoms. The van der Waals surface area contributed by atoms with Gasteiger partial charge in [-0.25, -0.2) is 4.98 Å². The van der Waals surface area contributed by atoms with Gasteiger partial charge in [-0.15, -0.1) is 0 Å². The van der Waals surface area contributed by atoms with Gasteiger partial charge >= 0.3 is 0 Å². The van der Waals surface area contributed by atoms with E-state index in [0.29, 0.717) is 23.9 Å². The molecule has 2 bridgehead atoms. The van der Waals surface area contributed by atoms with Gasteiger partial charge in [-0.3, -0.25) is 14.5 Å². The van der Waals surface area contributed by atoms with Crippen molar-refractivity contribution in [1.82, 2.24) is 19.8 Å². The second-order valence-electron chi connectivity index (χ2n) is 9.87. The van der Waals surface area contributed by atoms with E-state index in [9.17, 15) is 9.59 Å². The third-order valence-corrected chi connectivity index (χ3v) is 8.16. The van der Waals surface area contributed by atoms with Crippen LogP contribution in [0.3, 0.4) is 0 Å². The van der Waals surface area contributed by atoms with E-state index in [-0.39, 0.29) is 17.0 Å². The maximum Gasteiger partial charge on any atom is 0.263 e. The van der Waals surface area contributed by atoms with Gasteiger partial charge in [-0.05, 0) is 50.0 Å². The number of likely N-dealkylation sites (tertiary alicyclic amines) is 1. The molecule has 0 aromatic carbocycles. The van der Waals surface area contributed by atoms with Gasteiger partial charge in [0.25, 0.3) is 11.5 Å². The molecule has 1 amide bonds. The molecular weight excluding hydrogens is 364 g/mol. The number of aromatic nitrogens is 2. The number of fused-ring (bicyclic) bond motifs is 4. The fourth-order valence-electron chi connectivity index (χ4n) is 6.83. The predicted octanol–water partition coefficient (Wildman–Crippen LogP) is 3.06. The average molecular weight is 399 g/mol. The standard InChI is InChI=1S/C23H34N4O2/c28-22-19(12-24-15-25-22)23(29)26-13-17-11-18(14-26)21(10-16-6-2-1-3-7-16)27-9-5-4-8-20(17)27/h12,15-18,20-21H,1-11,13-14H2,(H,24,25,28)/t17-,18+,20+,21+/m1/s1. The molecule has 4 heterocycles. The van der Waals surface area contributed by atoms with Crippen LogP contribution in [0.25, 0.3) is 0 Å². The van der Waals surface area contributed by atoms with Crippen LogP contribution in [0.1, 0.15) is 74.6 Å². The number of nitrogens with zero attached hydrogens (tertiary/aromatic N) is 3. The number of hydrogen-bond acceptors (Lipinski definition) is 4. The zero-order valence-electron chi connectivity index (χ0n) is 17.4. The Bertz CT molecular complexity index is 787. The summed E-state index contributed by atoms with van der Waals surface area (Å²) in [6.45, 7) is 2.83. The van der Waals surface area contributed by atoms with Crippen molar-refractivity contribution < 1.29 is 4.79 Å². The summed E-state index contributed by atoms with van der Waals surface area (Å²) in [5.74, 6) is 1.83. The van der Waals surface area contributed by atoms with Crippen LogP contribution < -0.4 is 5.56 Å². The fourth-order valence-corrected chi connectivity index (χ4v) is 6.83. The minimum Gasteiger partial charge on any atom is -0.338 e. The van der Waals surface area contributed by atoms with E-state index in [2.05, 4.69) is 14.9 Å². The van der Waals surface area contributed by atoms with Crippen LogP contribution in [0.2, 0.25) is 0 Å². The predicted molar refractivity (Wildman–Crippen MR) is 112 cm³/mol. The van der Waals surface area contributed by atoms with Gasteiger partial charge in [0.15, 0.2) is 0 Å². The Morgan fingerprint density at radius 2 is 1.86 bits per heavy atom. The van der Waals surface area contributed by atoms with Crippen molar-refractivity contribution in [3.63, 3.8) is 0 Å². The number of nitrogens with one attached hydrogen (secondary N) is 1.